The van der Waals surface area contributed by atoms with E-state index in [1.54, 1.807) is 23.1 Å². The Bertz CT molecular complexity index is 641. The van der Waals surface area contributed by atoms with Crippen LogP contribution in [0.5, 0.6) is 0 Å². The second-order valence-electron chi connectivity index (χ2n) is 5.63. The normalized spacial score (nSPS) is 21.1. The fraction of sp³-hybridized carbons (Fsp3) is 0.400. The third-order valence-corrected chi connectivity index (χ3v) is 4.00. The van der Waals surface area contributed by atoms with Crippen LogP contribution in [0.4, 0.5) is 0 Å². The number of aryl methyl sites for hydroxylation is 1. The molecule has 1 saturated heterocycles. The molecule has 0 aliphatic carbocycles. The summed E-state index contributed by atoms with van der Waals surface area (Å²) in [7, 11) is 0. The Morgan fingerprint density at radius 1 is 1.29 bits per heavy atom. The number of imide groups is 1. The van der Waals surface area contributed by atoms with Crippen LogP contribution in [0.1, 0.15) is 32.7 Å². The van der Waals surface area contributed by atoms with Gasteiger partial charge in [-0.15, -0.1) is 0 Å². The van der Waals surface area contributed by atoms with Crippen molar-refractivity contribution in [1.82, 2.24) is 9.80 Å². The van der Waals surface area contributed by atoms with Gasteiger partial charge in [0.05, 0.1) is 11.1 Å². The molecular weight excluding hydrogens is 270 g/mol. The molecule has 21 heavy (non-hydrogen) atoms. The molecule has 6 nitrogen and oxygen atoms in total. The number of hydrogen-bond donors (Lipinski definition) is 1. The predicted molar refractivity (Wildman–Crippen MR) is 75.7 cm³/mol. The van der Waals surface area contributed by atoms with Crippen molar-refractivity contribution in [2.75, 3.05) is 19.6 Å². The average Bonchev–Trinajstić information content (AvgIpc) is 2.97. The molecule has 0 saturated carbocycles. The van der Waals surface area contributed by atoms with E-state index in [9.17, 15) is 14.4 Å². The van der Waals surface area contributed by atoms with Gasteiger partial charge in [-0.3, -0.25) is 19.3 Å². The Kier molecular flexibility index (Phi) is 3.25. The summed E-state index contributed by atoms with van der Waals surface area (Å²) in [5.74, 6) is -1.02. The van der Waals surface area contributed by atoms with Crippen molar-refractivity contribution in [3.05, 3.63) is 34.9 Å². The van der Waals surface area contributed by atoms with E-state index in [0.29, 0.717) is 24.2 Å². The number of benzene rings is 1. The highest BCUT2D eigenvalue weighted by Gasteiger charge is 2.37. The lowest BCUT2D eigenvalue weighted by molar-refractivity contribution is -0.130. The summed E-state index contributed by atoms with van der Waals surface area (Å²) in [6.07, 6.45) is 0.757. The summed E-state index contributed by atoms with van der Waals surface area (Å²) >= 11 is 0. The molecule has 1 aromatic rings. The van der Waals surface area contributed by atoms with Crippen molar-refractivity contribution in [2.45, 2.75) is 19.4 Å². The fourth-order valence-electron chi connectivity index (χ4n) is 2.80. The number of amides is 3. The number of nitrogens with zero attached hydrogens (tertiary/aromatic N) is 2. The van der Waals surface area contributed by atoms with Gasteiger partial charge < -0.3 is 10.6 Å². The van der Waals surface area contributed by atoms with E-state index in [0.717, 1.165) is 16.9 Å². The Balaban J connectivity index is 1.77. The Hall–Kier alpha value is -2.21. The molecule has 3 amide bonds. The van der Waals surface area contributed by atoms with Crippen molar-refractivity contribution < 1.29 is 14.4 Å². The number of carbonyl (C=O) groups excluding carboxylic acids is 3. The SMILES string of the molecule is Cc1ccc2c(c1)C(=O)N(CC(=O)N1CC[C@@H](N)C1)C2=O. The fourth-order valence-corrected chi connectivity index (χ4v) is 2.80. The molecule has 0 unspecified atom stereocenters. The minimum Gasteiger partial charge on any atom is -0.340 e. The number of nitrogens with two attached hydrogens (primary N) is 1. The van der Waals surface area contributed by atoms with Gasteiger partial charge in [0.15, 0.2) is 0 Å². The molecule has 0 bridgehead atoms. The van der Waals surface area contributed by atoms with Gasteiger partial charge in [0.1, 0.15) is 6.54 Å². The lowest BCUT2D eigenvalue weighted by Gasteiger charge is -2.19. The molecule has 0 spiro atoms. The lowest BCUT2D eigenvalue weighted by atomic mass is 10.1. The second kappa shape index (κ2) is 4.96. The molecule has 2 heterocycles. The largest absolute Gasteiger partial charge is 0.340 e. The number of rotatable bonds is 2. The monoisotopic (exact) mass is 287 g/mol. The van der Waals surface area contributed by atoms with Crippen LogP contribution in [0.3, 0.4) is 0 Å². The van der Waals surface area contributed by atoms with E-state index < -0.39 is 11.8 Å². The van der Waals surface area contributed by atoms with E-state index >= 15 is 0 Å². The summed E-state index contributed by atoms with van der Waals surface area (Å²) in [6, 6.07) is 5.10. The molecule has 110 valence electrons. The molecule has 6 heteroatoms. The van der Waals surface area contributed by atoms with Crippen LogP contribution in [0.2, 0.25) is 0 Å². The van der Waals surface area contributed by atoms with Gasteiger partial charge in [-0.05, 0) is 25.5 Å². The molecule has 2 aliphatic heterocycles. The Morgan fingerprint density at radius 3 is 2.67 bits per heavy atom. The van der Waals surface area contributed by atoms with E-state index in [4.69, 9.17) is 5.73 Å². The quantitative estimate of drug-likeness (QED) is 0.785. The number of carbonyl (C=O) groups is 3. The van der Waals surface area contributed by atoms with Crippen LogP contribution >= 0.6 is 0 Å². The summed E-state index contributed by atoms with van der Waals surface area (Å²) < 4.78 is 0. The first-order valence-electron chi connectivity index (χ1n) is 6.97. The maximum Gasteiger partial charge on any atom is 0.262 e. The molecule has 0 aromatic heterocycles. The van der Waals surface area contributed by atoms with Gasteiger partial charge in [0.25, 0.3) is 11.8 Å². The van der Waals surface area contributed by atoms with Crippen molar-refractivity contribution in [3.63, 3.8) is 0 Å². The molecule has 1 atom stereocenters. The van der Waals surface area contributed by atoms with Gasteiger partial charge in [-0.1, -0.05) is 11.6 Å². The smallest absolute Gasteiger partial charge is 0.262 e. The highest BCUT2D eigenvalue weighted by atomic mass is 16.2. The maximum atomic E-state index is 12.3. The van der Waals surface area contributed by atoms with Crippen LogP contribution < -0.4 is 5.73 Å². The van der Waals surface area contributed by atoms with Gasteiger partial charge in [0, 0.05) is 19.1 Å². The Morgan fingerprint density at radius 2 is 2.00 bits per heavy atom. The first-order chi connectivity index (χ1) is 9.97. The zero-order valence-corrected chi connectivity index (χ0v) is 11.8. The first-order valence-corrected chi connectivity index (χ1v) is 6.97. The lowest BCUT2D eigenvalue weighted by Crippen LogP contribution is -2.42. The zero-order valence-electron chi connectivity index (χ0n) is 11.8. The number of likely N-dealkylation sites (tertiary alicyclic amines) is 1. The Labute approximate surface area is 122 Å². The van der Waals surface area contributed by atoms with Gasteiger partial charge >= 0.3 is 0 Å². The van der Waals surface area contributed by atoms with Gasteiger partial charge in [-0.25, -0.2) is 0 Å². The summed E-state index contributed by atoms with van der Waals surface area (Å²) in [6.45, 7) is 2.72. The number of hydrogen-bond acceptors (Lipinski definition) is 4. The van der Waals surface area contributed by atoms with Crippen LogP contribution in [0, 0.1) is 6.92 Å². The minimum absolute atomic E-state index is 0.0150. The third-order valence-electron chi connectivity index (χ3n) is 4.00. The van der Waals surface area contributed by atoms with Crippen LogP contribution in [-0.4, -0.2) is 53.2 Å². The average molecular weight is 287 g/mol. The van der Waals surface area contributed by atoms with Crippen molar-refractivity contribution >= 4 is 17.7 Å². The number of fused-ring (bicyclic) bond motifs is 1. The zero-order chi connectivity index (χ0) is 15.1. The van der Waals surface area contributed by atoms with Gasteiger partial charge in [-0.2, -0.15) is 0 Å². The van der Waals surface area contributed by atoms with Crippen LogP contribution in [-0.2, 0) is 4.79 Å². The van der Waals surface area contributed by atoms with Gasteiger partial charge in [0.2, 0.25) is 5.91 Å². The van der Waals surface area contributed by atoms with E-state index in [1.165, 1.54) is 0 Å². The molecule has 1 fully saturated rings. The first kappa shape index (κ1) is 13.8. The van der Waals surface area contributed by atoms with E-state index in [-0.39, 0.29) is 18.5 Å². The third kappa shape index (κ3) is 2.31. The maximum absolute atomic E-state index is 12.3. The molecule has 2 N–H and O–H groups in total. The van der Waals surface area contributed by atoms with Crippen molar-refractivity contribution in [3.8, 4) is 0 Å². The second-order valence-corrected chi connectivity index (χ2v) is 5.63. The molecule has 3 rings (SSSR count). The minimum atomic E-state index is -0.396. The van der Waals surface area contributed by atoms with E-state index in [2.05, 4.69) is 0 Å². The highest BCUT2D eigenvalue weighted by Crippen LogP contribution is 2.24. The molecular formula is C15H17N3O3. The molecule has 0 radical (unpaired) electrons. The van der Waals surface area contributed by atoms with Crippen molar-refractivity contribution in [2.24, 2.45) is 5.73 Å². The summed E-state index contributed by atoms with van der Waals surface area (Å²) in [4.78, 5) is 39.3. The molecule has 1 aromatic carbocycles. The highest BCUT2D eigenvalue weighted by molar-refractivity contribution is 6.22. The topological polar surface area (TPSA) is 83.7 Å². The summed E-state index contributed by atoms with van der Waals surface area (Å²) in [5.41, 5.74) is 7.43. The summed E-state index contributed by atoms with van der Waals surface area (Å²) in [5, 5.41) is 0. The van der Waals surface area contributed by atoms with Crippen molar-refractivity contribution in [1.29, 1.82) is 0 Å². The standard InChI is InChI=1S/C15H17N3O3/c1-9-2-3-11-12(6-9)15(21)18(14(11)20)8-13(19)17-5-4-10(16)7-17/h2-3,6,10H,4-5,7-8,16H2,1H3/t10-/m1/s1. The molecule has 2 aliphatic rings. The van der Waals surface area contributed by atoms with Crippen LogP contribution in [0.15, 0.2) is 18.2 Å². The van der Waals surface area contributed by atoms with E-state index in [1.807, 2.05) is 6.92 Å². The predicted octanol–water partition coefficient (Wildman–Crippen LogP) is 0.151. The van der Waals surface area contributed by atoms with Crippen LogP contribution in [0.25, 0.3) is 0 Å².